The van der Waals surface area contributed by atoms with Gasteiger partial charge in [-0.3, -0.25) is 0 Å². The van der Waals surface area contributed by atoms with Gasteiger partial charge in [-0.05, 0) is 47.0 Å². The van der Waals surface area contributed by atoms with Crippen molar-refractivity contribution in [1.82, 2.24) is 0 Å². The van der Waals surface area contributed by atoms with E-state index in [1.165, 1.54) is 67.5 Å². The molecule has 2 nitrogen and oxygen atoms in total. The predicted molar refractivity (Wildman–Crippen MR) is 78.1 cm³/mol. The van der Waals surface area contributed by atoms with Crippen molar-refractivity contribution in [2.24, 2.45) is 0 Å². The van der Waals surface area contributed by atoms with E-state index in [-0.39, 0.29) is 0 Å². The minimum absolute atomic E-state index is 1.24. The average molecular weight is 244 g/mol. The van der Waals surface area contributed by atoms with Crippen molar-refractivity contribution in [3.05, 3.63) is 0 Å². The smallest absolute Gasteiger partial charge is 0.0784 e. The summed E-state index contributed by atoms with van der Waals surface area (Å²) < 4.78 is 2.49. The van der Waals surface area contributed by atoms with Gasteiger partial charge >= 0.3 is 0 Å². The maximum atomic E-state index is 2.39. The Morgan fingerprint density at radius 2 is 0.824 bits per heavy atom. The first kappa shape index (κ1) is 16.9. The van der Waals surface area contributed by atoms with Gasteiger partial charge in [0.15, 0.2) is 0 Å². The second-order valence-corrected chi connectivity index (χ2v) is 6.01. The molecule has 0 N–H and O–H groups in total. The third-order valence-electron chi connectivity index (χ3n) is 4.95. The molecule has 0 bridgehead atoms. The molecule has 0 aliphatic carbocycles. The van der Waals surface area contributed by atoms with Crippen LogP contribution in [-0.2, 0) is 0 Å². The second-order valence-electron chi connectivity index (χ2n) is 6.01. The van der Waals surface area contributed by atoms with Gasteiger partial charge in [0.1, 0.15) is 0 Å². The number of rotatable bonds is 10. The van der Waals surface area contributed by atoms with Crippen LogP contribution in [0.4, 0.5) is 0 Å². The van der Waals surface area contributed by atoms with E-state index in [1.807, 2.05) is 0 Å². The Hall–Kier alpha value is -0.0800. The second kappa shape index (κ2) is 8.10. The molecule has 0 spiro atoms. The topological polar surface area (TPSA) is 0 Å². The van der Waals surface area contributed by atoms with Crippen LogP contribution in [0.5, 0.6) is 0 Å². The van der Waals surface area contributed by atoms with Gasteiger partial charge in [0.25, 0.3) is 0 Å². The summed E-state index contributed by atoms with van der Waals surface area (Å²) in [6.45, 7) is 17.0. The van der Waals surface area contributed by atoms with Gasteiger partial charge < -0.3 is 8.97 Å². The molecule has 0 saturated carbocycles. The van der Waals surface area contributed by atoms with Crippen molar-refractivity contribution in [3.8, 4) is 0 Å². The van der Waals surface area contributed by atoms with Crippen LogP contribution in [0.25, 0.3) is 0 Å². The Kier molecular flexibility index (Phi) is 8.06. The molecule has 0 atom stereocenters. The zero-order valence-electron chi connectivity index (χ0n) is 13.3. The van der Waals surface area contributed by atoms with Gasteiger partial charge in [0.2, 0.25) is 0 Å². The van der Waals surface area contributed by atoms with E-state index >= 15 is 0 Å². The summed E-state index contributed by atoms with van der Waals surface area (Å²) in [6.07, 6.45) is 4.19. The van der Waals surface area contributed by atoms with Gasteiger partial charge in [-0.15, -0.1) is 0 Å². The molecule has 0 aromatic rings. The first-order valence-corrected chi connectivity index (χ1v) is 7.62. The molecule has 0 heterocycles. The number of quaternary nitrogens is 2. The normalized spacial score (nSPS) is 13.1. The van der Waals surface area contributed by atoms with Crippen molar-refractivity contribution in [2.75, 3.05) is 53.4 Å². The monoisotopic (exact) mass is 244 g/mol. The fourth-order valence-electron chi connectivity index (χ4n) is 2.24. The van der Waals surface area contributed by atoms with Crippen molar-refractivity contribution in [1.29, 1.82) is 0 Å². The fraction of sp³-hybridized carbons (Fsp3) is 1.00. The fourth-order valence-corrected chi connectivity index (χ4v) is 2.24. The van der Waals surface area contributed by atoms with Crippen molar-refractivity contribution in [2.45, 2.75) is 47.0 Å². The molecule has 0 aliphatic rings. The predicted octanol–water partition coefficient (Wildman–Crippen LogP) is 3.13. The molecule has 0 radical (unpaired) electrons. The molecule has 0 unspecified atom stereocenters. The largest absolute Gasteiger partial charge is 0.327 e. The van der Waals surface area contributed by atoms with E-state index in [9.17, 15) is 0 Å². The summed E-state index contributed by atoms with van der Waals surface area (Å²) in [5.74, 6) is 0. The lowest BCUT2D eigenvalue weighted by atomic mass is 10.2. The summed E-state index contributed by atoms with van der Waals surface area (Å²) in [6, 6.07) is 0. The van der Waals surface area contributed by atoms with Crippen LogP contribution >= 0.6 is 0 Å². The molecule has 0 saturated heterocycles. The molecule has 2 heteroatoms. The average Bonchev–Trinajstić information content (AvgIpc) is 2.37. The molecular weight excluding hydrogens is 208 g/mol. The Morgan fingerprint density at radius 3 is 1.06 bits per heavy atom. The lowest BCUT2D eigenvalue weighted by Gasteiger charge is -2.33. The highest BCUT2D eigenvalue weighted by molar-refractivity contribution is 4.44. The Balaban J connectivity index is 3.72. The zero-order chi connectivity index (χ0) is 13.4. The van der Waals surface area contributed by atoms with E-state index in [0.29, 0.717) is 0 Å². The molecular formula is C15H36N2+2. The summed E-state index contributed by atoms with van der Waals surface area (Å²) in [5, 5.41) is 0. The highest BCUT2D eigenvalue weighted by Gasteiger charge is 2.17. The first-order chi connectivity index (χ1) is 7.95. The van der Waals surface area contributed by atoms with Crippen molar-refractivity contribution >= 4 is 0 Å². The summed E-state index contributed by atoms with van der Waals surface area (Å²) in [5.41, 5.74) is 0. The van der Waals surface area contributed by atoms with Gasteiger partial charge in [0.05, 0.1) is 53.4 Å². The minimum atomic E-state index is 1.24. The molecule has 104 valence electrons. The lowest BCUT2D eigenvalue weighted by molar-refractivity contribution is -0.908. The summed E-state index contributed by atoms with van der Waals surface area (Å²) >= 11 is 0. The van der Waals surface area contributed by atoms with Gasteiger partial charge in [-0.1, -0.05) is 0 Å². The van der Waals surface area contributed by atoms with Crippen molar-refractivity contribution < 1.29 is 8.97 Å². The van der Waals surface area contributed by atoms with Gasteiger partial charge in [0, 0.05) is 0 Å². The lowest BCUT2D eigenvalue weighted by Crippen LogP contribution is -2.45. The molecule has 17 heavy (non-hydrogen) atoms. The molecule has 0 aliphatic heterocycles. The number of unbranched alkanes of at least 4 members (excludes halogenated alkanes) is 2. The molecule has 0 aromatic carbocycles. The van der Waals surface area contributed by atoms with Gasteiger partial charge in [-0.2, -0.15) is 0 Å². The van der Waals surface area contributed by atoms with Crippen LogP contribution in [0.1, 0.15) is 47.0 Å². The Labute approximate surface area is 110 Å². The third kappa shape index (κ3) is 6.42. The highest BCUT2D eigenvalue weighted by Crippen LogP contribution is 2.09. The van der Waals surface area contributed by atoms with Crippen LogP contribution in [-0.4, -0.2) is 62.3 Å². The van der Waals surface area contributed by atoms with Crippen molar-refractivity contribution in [3.63, 3.8) is 0 Å². The summed E-state index contributed by atoms with van der Waals surface area (Å²) in [7, 11) is 4.77. The van der Waals surface area contributed by atoms with E-state index in [4.69, 9.17) is 0 Å². The third-order valence-corrected chi connectivity index (χ3v) is 4.95. The van der Waals surface area contributed by atoms with E-state index in [1.54, 1.807) is 0 Å². The zero-order valence-corrected chi connectivity index (χ0v) is 13.3. The maximum Gasteiger partial charge on any atom is 0.0784 e. The SMILES string of the molecule is CC[N+](C)(CC)CCCCC[N+](C)(CC)CC. The molecule has 0 fully saturated rings. The number of nitrogens with zero attached hydrogens (tertiary/aromatic N) is 2. The van der Waals surface area contributed by atoms with Gasteiger partial charge in [-0.25, -0.2) is 0 Å². The van der Waals surface area contributed by atoms with Crippen LogP contribution in [0.15, 0.2) is 0 Å². The van der Waals surface area contributed by atoms with Crippen LogP contribution < -0.4 is 0 Å². The molecule has 0 aromatic heterocycles. The van der Waals surface area contributed by atoms with Crippen LogP contribution in [0.2, 0.25) is 0 Å². The molecule has 0 amide bonds. The van der Waals surface area contributed by atoms with E-state index in [2.05, 4.69) is 41.8 Å². The Morgan fingerprint density at radius 1 is 0.529 bits per heavy atom. The minimum Gasteiger partial charge on any atom is -0.327 e. The molecule has 0 rings (SSSR count). The standard InChI is InChI=1S/C15H36N2/c1-7-16(5,8-2)14-12-11-13-15-17(6,9-3)10-4/h7-15H2,1-6H3/q+2. The van der Waals surface area contributed by atoms with Crippen LogP contribution in [0.3, 0.4) is 0 Å². The van der Waals surface area contributed by atoms with E-state index in [0.717, 1.165) is 0 Å². The Bertz CT molecular complexity index is 161. The maximum absolute atomic E-state index is 2.39. The van der Waals surface area contributed by atoms with E-state index < -0.39 is 0 Å². The number of hydrogen-bond donors (Lipinski definition) is 0. The highest BCUT2D eigenvalue weighted by atomic mass is 15.3. The first-order valence-electron chi connectivity index (χ1n) is 7.62. The summed E-state index contributed by atoms with van der Waals surface area (Å²) in [4.78, 5) is 0. The van der Waals surface area contributed by atoms with Crippen LogP contribution in [0, 0.1) is 0 Å². The number of hydrogen-bond acceptors (Lipinski definition) is 0. The quantitative estimate of drug-likeness (QED) is 0.409.